The first-order valence-electron chi connectivity index (χ1n) is 13.5. The van der Waals surface area contributed by atoms with Gasteiger partial charge in [0.2, 0.25) is 0 Å². The maximum absolute atomic E-state index is 10.2. The van der Waals surface area contributed by atoms with Gasteiger partial charge in [-0.15, -0.1) is 0 Å². The molecular formula is C30H46O3. The predicted octanol–water partition coefficient (Wildman–Crippen LogP) is 6.52. The fourth-order valence-corrected chi connectivity index (χ4v) is 7.13. The van der Waals surface area contributed by atoms with Gasteiger partial charge in [-0.1, -0.05) is 50.3 Å². The van der Waals surface area contributed by atoms with Crippen molar-refractivity contribution in [3.63, 3.8) is 0 Å². The zero-order valence-corrected chi connectivity index (χ0v) is 21.3. The summed E-state index contributed by atoms with van der Waals surface area (Å²) in [4.78, 5) is 0. The lowest BCUT2D eigenvalue weighted by Gasteiger charge is -2.44. The largest absolute Gasteiger partial charge is 0.393 e. The molecule has 0 saturated heterocycles. The fourth-order valence-electron chi connectivity index (χ4n) is 7.13. The van der Waals surface area contributed by atoms with Crippen LogP contribution in [0.25, 0.3) is 0 Å². The Bertz CT molecular complexity index is 803. The molecule has 4 aliphatic carbocycles. The lowest BCUT2D eigenvalue weighted by molar-refractivity contribution is 0.0206. The summed E-state index contributed by atoms with van der Waals surface area (Å²) in [5.74, 6) is 2.69. The lowest BCUT2D eigenvalue weighted by Crippen LogP contribution is -2.35. The van der Waals surface area contributed by atoms with Crippen LogP contribution >= 0.6 is 0 Å². The van der Waals surface area contributed by atoms with Gasteiger partial charge in [-0.25, -0.2) is 0 Å². The number of allylic oxidation sites excluding steroid dienone is 4. The normalized spacial score (nSPS) is 40.4. The zero-order chi connectivity index (χ0) is 23.8. The highest BCUT2D eigenvalue weighted by Crippen LogP contribution is 2.59. The van der Waals surface area contributed by atoms with E-state index in [9.17, 15) is 10.2 Å². The van der Waals surface area contributed by atoms with Crippen molar-refractivity contribution in [1.29, 1.82) is 0 Å². The molecule has 8 atom stereocenters. The summed E-state index contributed by atoms with van der Waals surface area (Å²) in [6.45, 7) is 13.4. The molecule has 0 aliphatic heterocycles. The molecule has 184 valence electrons. The van der Waals surface area contributed by atoms with Crippen molar-refractivity contribution in [2.45, 2.75) is 110 Å². The average Bonchev–Trinajstić information content (AvgIpc) is 3.55. The maximum atomic E-state index is 10.2. The van der Waals surface area contributed by atoms with Gasteiger partial charge in [0, 0.05) is 6.42 Å². The Morgan fingerprint density at radius 3 is 2.55 bits per heavy atom. The van der Waals surface area contributed by atoms with Crippen LogP contribution in [0, 0.1) is 29.1 Å². The molecule has 0 aromatic rings. The molecule has 3 heteroatoms. The molecule has 3 nitrogen and oxygen atoms in total. The third-order valence-electron chi connectivity index (χ3n) is 9.34. The van der Waals surface area contributed by atoms with Crippen LogP contribution in [0.4, 0.5) is 0 Å². The van der Waals surface area contributed by atoms with Crippen molar-refractivity contribution in [2.75, 3.05) is 0 Å². The number of hydrogen-bond acceptors (Lipinski definition) is 3. The zero-order valence-electron chi connectivity index (χ0n) is 21.3. The van der Waals surface area contributed by atoms with Crippen LogP contribution in [-0.2, 0) is 4.74 Å². The minimum absolute atomic E-state index is 0.191. The number of rotatable bonds is 7. The molecule has 2 unspecified atom stereocenters. The highest BCUT2D eigenvalue weighted by atomic mass is 16.5. The molecule has 0 aromatic heterocycles. The Balaban J connectivity index is 1.42. The topological polar surface area (TPSA) is 49.7 Å². The summed E-state index contributed by atoms with van der Waals surface area (Å²) in [6.07, 6.45) is 18.6. The van der Waals surface area contributed by atoms with Crippen molar-refractivity contribution < 1.29 is 14.9 Å². The van der Waals surface area contributed by atoms with Gasteiger partial charge in [-0.3, -0.25) is 0 Å². The Labute approximate surface area is 201 Å². The number of aliphatic hydroxyl groups excluding tert-OH is 2. The molecule has 4 rings (SSSR count). The highest BCUT2D eigenvalue weighted by molar-refractivity contribution is 5.38. The Hall–Kier alpha value is -1.16. The Morgan fingerprint density at radius 2 is 1.82 bits per heavy atom. The van der Waals surface area contributed by atoms with Crippen molar-refractivity contribution in [3.05, 3.63) is 47.6 Å². The van der Waals surface area contributed by atoms with Gasteiger partial charge >= 0.3 is 0 Å². The van der Waals surface area contributed by atoms with Gasteiger partial charge in [0.05, 0.1) is 24.4 Å². The quantitative estimate of drug-likeness (QED) is 0.430. The van der Waals surface area contributed by atoms with E-state index >= 15 is 0 Å². The van der Waals surface area contributed by atoms with Crippen molar-refractivity contribution in [2.24, 2.45) is 29.1 Å². The van der Waals surface area contributed by atoms with Crippen LogP contribution in [0.3, 0.4) is 0 Å². The molecule has 4 saturated carbocycles. The van der Waals surface area contributed by atoms with Gasteiger partial charge < -0.3 is 14.9 Å². The summed E-state index contributed by atoms with van der Waals surface area (Å²) in [5.41, 5.74) is 3.71. The summed E-state index contributed by atoms with van der Waals surface area (Å²) in [6, 6.07) is 0. The first-order chi connectivity index (χ1) is 15.7. The first kappa shape index (κ1) is 24.9. The Kier molecular flexibility index (Phi) is 7.73. The second-order valence-corrected chi connectivity index (χ2v) is 11.8. The van der Waals surface area contributed by atoms with Gasteiger partial charge in [0.25, 0.3) is 0 Å². The molecule has 33 heavy (non-hydrogen) atoms. The van der Waals surface area contributed by atoms with Crippen LogP contribution < -0.4 is 0 Å². The summed E-state index contributed by atoms with van der Waals surface area (Å²) >= 11 is 0. The molecule has 0 amide bonds. The van der Waals surface area contributed by atoms with Crippen LogP contribution in [0.15, 0.2) is 47.6 Å². The van der Waals surface area contributed by atoms with E-state index in [0.29, 0.717) is 42.1 Å². The molecule has 0 heterocycles. The van der Waals surface area contributed by atoms with Crippen LogP contribution in [0.2, 0.25) is 0 Å². The van der Waals surface area contributed by atoms with Crippen molar-refractivity contribution in [1.82, 2.24) is 0 Å². The predicted molar refractivity (Wildman–Crippen MR) is 136 cm³/mol. The van der Waals surface area contributed by atoms with Crippen molar-refractivity contribution in [3.8, 4) is 0 Å². The van der Waals surface area contributed by atoms with E-state index in [-0.39, 0.29) is 6.10 Å². The average molecular weight is 455 g/mol. The van der Waals surface area contributed by atoms with E-state index in [2.05, 4.69) is 58.6 Å². The van der Waals surface area contributed by atoms with E-state index in [1.54, 1.807) is 5.57 Å². The second-order valence-electron chi connectivity index (χ2n) is 11.8. The van der Waals surface area contributed by atoms with E-state index < -0.39 is 12.2 Å². The van der Waals surface area contributed by atoms with E-state index in [1.807, 2.05) is 0 Å². The standard InChI is InChI=1S/C30H46O3/c1-19(8-9-20(2)33-22(4)23-10-11-23)27-14-15-28-24(7-6-16-30(27,28)5)12-13-25-17-26(31)18-29(32)21(25)3/h8-9,12-13,19-20,22-23,26-29,31-32H,3,6-7,10-11,14-18H2,1-2,4-5H3/b9-8+,24-12+,25-13?/t19-,20?,22?,26-,27-,28+,29+,30-/m1/s1. The Morgan fingerprint density at radius 1 is 1.06 bits per heavy atom. The molecule has 0 radical (unpaired) electrons. The van der Waals surface area contributed by atoms with Crippen LogP contribution in [-0.4, -0.2) is 34.6 Å². The van der Waals surface area contributed by atoms with Gasteiger partial charge in [-0.05, 0) is 105 Å². The maximum Gasteiger partial charge on any atom is 0.0811 e. The van der Waals surface area contributed by atoms with E-state index in [0.717, 1.165) is 17.1 Å². The highest BCUT2D eigenvalue weighted by Gasteiger charge is 2.50. The number of hydrogen-bond donors (Lipinski definition) is 2. The van der Waals surface area contributed by atoms with Crippen molar-refractivity contribution >= 4 is 0 Å². The van der Waals surface area contributed by atoms with Gasteiger partial charge in [-0.2, -0.15) is 0 Å². The number of fused-ring (bicyclic) bond motifs is 1. The molecular weight excluding hydrogens is 408 g/mol. The van der Waals surface area contributed by atoms with E-state index in [4.69, 9.17) is 4.74 Å². The van der Waals surface area contributed by atoms with Gasteiger partial charge in [0.1, 0.15) is 0 Å². The van der Waals surface area contributed by atoms with Gasteiger partial charge in [0.15, 0.2) is 0 Å². The SMILES string of the molecule is C=C1C(=C/C=C2\CCC[C@]3(C)[C@@H]([C@H](C)/C=C/C(C)OC(C)C4CC4)CC[C@@H]23)C[C@@H](O)C[C@@H]1O. The third kappa shape index (κ3) is 5.57. The molecule has 0 aromatic carbocycles. The molecule has 2 N–H and O–H groups in total. The summed E-state index contributed by atoms with van der Waals surface area (Å²) in [7, 11) is 0. The fraction of sp³-hybridized carbons (Fsp3) is 0.733. The monoisotopic (exact) mass is 454 g/mol. The molecule has 4 aliphatic rings. The third-order valence-corrected chi connectivity index (χ3v) is 9.34. The molecule has 0 bridgehead atoms. The number of ether oxygens (including phenoxy) is 1. The molecule has 4 fully saturated rings. The van der Waals surface area contributed by atoms with Crippen LogP contribution in [0.5, 0.6) is 0 Å². The van der Waals surface area contributed by atoms with Crippen LogP contribution in [0.1, 0.15) is 85.5 Å². The summed E-state index contributed by atoms with van der Waals surface area (Å²) < 4.78 is 6.20. The van der Waals surface area contributed by atoms with E-state index in [1.165, 1.54) is 44.9 Å². The number of aliphatic hydroxyl groups is 2. The lowest BCUT2D eigenvalue weighted by atomic mass is 9.61. The minimum Gasteiger partial charge on any atom is -0.393 e. The minimum atomic E-state index is -0.614. The molecule has 0 spiro atoms. The smallest absolute Gasteiger partial charge is 0.0811 e. The summed E-state index contributed by atoms with van der Waals surface area (Å²) in [5, 5.41) is 20.3. The second kappa shape index (κ2) is 10.2. The first-order valence-corrected chi connectivity index (χ1v) is 13.5.